The van der Waals surface area contributed by atoms with Gasteiger partial charge in [-0.25, -0.2) is 0 Å². The normalized spacial score (nSPS) is 18.0. The van der Waals surface area contributed by atoms with Crippen LogP contribution in [0.15, 0.2) is 24.3 Å². The van der Waals surface area contributed by atoms with Crippen molar-refractivity contribution in [3.63, 3.8) is 0 Å². The van der Waals surface area contributed by atoms with Crippen LogP contribution in [0.3, 0.4) is 0 Å². The lowest BCUT2D eigenvalue weighted by Crippen LogP contribution is -2.44. The van der Waals surface area contributed by atoms with Crippen LogP contribution in [0.4, 0.5) is 0 Å². The molecule has 0 radical (unpaired) electrons. The van der Waals surface area contributed by atoms with Gasteiger partial charge in [0, 0.05) is 35.6 Å². The fourth-order valence-electron chi connectivity index (χ4n) is 3.73. The highest BCUT2D eigenvalue weighted by molar-refractivity contribution is 5.90. The number of hydrogen-bond acceptors (Lipinski definition) is 2. The van der Waals surface area contributed by atoms with E-state index in [2.05, 4.69) is 4.98 Å². The van der Waals surface area contributed by atoms with Crippen molar-refractivity contribution in [3.05, 3.63) is 35.5 Å². The average Bonchev–Trinajstić information content (AvgIpc) is 2.89. The molecule has 1 aliphatic rings. The number of rotatable bonds is 5. The number of hydrogen-bond donors (Lipinski definition) is 2. The SMILES string of the molecule is Cc1[nH]c2ccccc2c1CC(=O)N1CCCC[C@@H]1CCC(=O)O. The van der Waals surface area contributed by atoms with Crippen LogP contribution < -0.4 is 0 Å². The maximum Gasteiger partial charge on any atom is 0.303 e. The summed E-state index contributed by atoms with van der Waals surface area (Å²) in [5, 5.41) is 10.0. The van der Waals surface area contributed by atoms with Crippen molar-refractivity contribution in [1.29, 1.82) is 0 Å². The fraction of sp³-hybridized carbons (Fsp3) is 0.474. The lowest BCUT2D eigenvalue weighted by Gasteiger charge is -2.36. The Labute approximate surface area is 141 Å². The van der Waals surface area contributed by atoms with Crippen molar-refractivity contribution >= 4 is 22.8 Å². The predicted molar refractivity (Wildman–Crippen MR) is 93.0 cm³/mol. The molecule has 3 rings (SSSR count). The number of fused-ring (bicyclic) bond motifs is 1. The second-order valence-electron chi connectivity index (χ2n) is 6.62. The molecule has 0 unspecified atom stereocenters. The van der Waals surface area contributed by atoms with E-state index >= 15 is 0 Å². The van der Waals surface area contributed by atoms with Crippen LogP contribution in [0.25, 0.3) is 10.9 Å². The predicted octanol–water partition coefficient (Wildman–Crippen LogP) is 3.26. The third-order valence-corrected chi connectivity index (χ3v) is 4.99. The van der Waals surface area contributed by atoms with E-state index in [-0.39, 0.29) is 18.4 Å². The first-order valence-electron chi connectivity index (χ1n) is 8.63. The van der Waals surface area contributed by atoms with Gasteiger partial charge < -0.3 is 15.0 Å². The number of carbonyl (C=O) groups excluding carboxylic acids is 1. The smallest absolute Gasteiger partial charge is 0.303 e. The largest absolute Gasteiger partial charge is 0.481 e. The third-order valence-electron chi connectivity index (χ3n) is 4.99. The van der Waals surface area contributed by atoms with Gasteiger partial charge in [-0.15, -0.1) is 0 Å². The lowest BCUT2D eigenvalue weighted by molar-refractivity contribution is -0.139. The summed E-state index contributed by atoms with van der Waals surface area (Å²) in [6, 6.07) is 8.09. The van der Waals surface area contributed by atoms with Crippen molar-refractivity contribution in [1.82, 2.24) is 9.88 Å². The van der Waals surface area contributed by atoms with Gasteiger partial charge in [0.25, 0.3) is 0 Å². The van der Waals surface area contributed by atoms with Crippen LogP contribution in [-0.4, -0.2) is 39.5 Å². The van der Waals surface area contributed by atoms with Gasteiger partial charge in [0.2, 0.25) is 5.91 Å². The molecule has 1 amide bonds. The monoisotopic (exact) mass is 328 g/mol. The summed E-state index contributed by atoms with van der Waals surface area (Å²) < 4.78 is 0. The minimum atomic E-state index is -0.791. The van der Waals surface area contributed by atoms with E-state index in [0.29, 0.717) is 12.8 Å². The number of aromatic nitrogens is 1. The van der Waals surface area contributed by atoms with E-state index in [0.717, 1.165) is 48.0 Å². The maximum absolute atomic E-state index is 12.9. The van der Waals surface area contributed by atoms with E-state index in [9.17, 15) is 9.59 Å². The van der Waals surface area contributed by atoms with Crippen LogP contribution in [0.5, 0.6) is 0 Å². The van der Waals surface area contributed by atoms with Gasteiger partial charge in [0.1, 0.15) is 0 Å². The second kappa shape index (κ2) is 7.07. The Morgan fingerprint density at radius 3 is 2.88 bits per heavy atom. The summed E-state index contributed by atoms with van der Waals surface area (Å²) in [5.41, 5.74) is 3.14. The number of amides is 1. The summed E-state index contributed by atoms with van der Waals surface area (Å²) in [7, 11) is 0. The van der Waals surface area contributed by atoms with Crippen LogP contribution in [0, 0.1) is 6.92 Å². The molecular weight excluding hydrogens is 304 g/mol. The quantitative estimate of drug-likeness (QED) is 0.885. The minimum absolute atomic E-state index is 0.0628. The topological polar surface area (TPSA) is 73.4 Å². The number of carbonyl (C=O) groups is 2. The Kier molecular flexibility index (Phi) is 4.88. The highest BCUT2D eigenvalue weighted by atomic mass is 16.4. The Morgan fingerprint density at radius 2 is 2.08 bits per heavy atom. The van der Waals surface area contributed by atoms with E-state index in [1.54, 1.807) is 0 Å². The maximum atomic E-state index is 12.9. The standard InChI is InChI=1S/C19H24N2O3/c1-13-16(15-7-2-3-8-17(15)20-13)12-18(22)21-11-5-4-6-14(21)9-10-19(23)24/h2-3,7-8,14,20H,4-6,9-12H2,1H3,(H,23,24)/t14-/m1/s1. The number of piperidine rings is 1. The Bertz CT molecular complexity index is 750. The van der Waals surface area contributed by atoms with Crippen molar-refractivity contribution in [2.45, 2.75) is 51.5 Å². The number of aryl methyl sites for hydroxylation is 1. The molecule has 128 valence electrons. The molecule has 2 N–H and O–H groups in total. The number of benzene rings is 1. The number of carboxylic acid groups (broad SMARTS) is 1. The molecule has 5 nitrogen and oxygen atoms in total. The Hall–Kier alpha value is -2.30. The molecule has 5 heteroatoms. The number of aromatic amines is 1. The summed E-state index contributed by atoms with van der Waals surface area (Å²) in [6.45, 7) is 2.74. The fourth-order valence-corrected chi connectivity index (χ4v) is 3.73. The number of para-hydroxylation sites is 1. The van der Waals surface area contributed by atoms with Crippen molar-refractivity contribution in [2.24, 2.45) is 0 Å². The third kappa shape index (κ3) is 3.45. The Morgan fingerprint density at radius 1 is 1.29 bits per heavy atom. The molecule has 1 atom stereocenters. The number of nitrogens with one attached hydrogen (secondary N) is 1. The highest BCUT2D eigenvalue weighted by Gasteiger charge is 2.27. The number of H-pyrrole nitrogens is 1. The molecule has 0 aliphatic carbocycles. The summed E-state index contributed by atoms with van der Waals surface area (Å²) >= 11 is 0. The minimum Gasteiger partial charge on any atom is -0.481 e. The first-order valence-corrected chi connectivity index (χ1v) is 8.63. The van der Waals surface area contributed by atoms with Crippen LogP contribution in [0.1, 0.15) is 43.4 Å². The second-order valence-corrected chi connectivity index (χ2v) is 6.62. The first kappa shape index (κ1) is 16.6. The van der Waals surface area contributed by atoms with Gasteiger partial charge >= 0.3 is 5.97 Å². The van der Waals surface area contributed by atoms with E-state index in [4.69, 9.17) is 5.11 Å². The van der Waals surface area contributed by atoms with Crippen molar-refractivity contribution < 1.29 is 14.7 Å². The molecule has 1 fully saturated rings. The molecule has 24 heavy (non-hydrogen) atoms. The van der Waals surface area contributed by atoms with Crippen molar-refractivity contribution in [3.8, 4) is 0 Å². The molecular formula is C19H24N2O3. The zero-order valence-corrected chi connectivity index (χ0v) is 14.0. The Balaban J connectivity index is 1.76. The average molecular weight is 328 g/mol. The molecule has 1 aromatic carbocycles. The van der Waals surface area contributed by atoms with Crippen LogP contribution in [-0.2, 0) is 16.0 Å². The molecule has 2 aromatic rings. The number of nitrogens with zero attached hydrogens (tertiary/aromatic N) is 1. The number of aliphatic carboxylic acids is 1. The number of carboxylic acids is 1. The molecule has 1 aliphatic heterocycles. The number of likely N-dealkylation sites (tertiary alicyclic amines) is 1. The van der Waals surface area contributed by atoms with Crippen LogP contribution >= 0.6 is 0 Å². The first-order chi connectivity index (χ1) is 11.6. The van der Waals surface area contributed by atoms with Crippen molar-refractivity contribution in [2.75, 3.05) is 6.54 Å². The zero-order valence-electron chi connectivity index (χ0n) is 14.0. The molecule has 0 saturated carbocycles. The highest BCUT2D eigenvalue weighted by Crippen LogP contribution is 2.26. The van der Waals surface area contributed by atoms with Gasteiger partial charge in [0.15, 0.2) is 0 Å². The van der Waals surface area contributed by atoms with Gasteiger partial charge in [-0.2, -0.15) is 0 Å². The zero-order chi connectivity index (χ0) is 17.1. The molecule has 0 spiro atoms. The summed E-state index contributed by atoms with van der Waals surface area (Å²) in [6.07, 6.45) is 4.03. The van der Waals surface area contributed by atoms with Gasteiger partial charge in [-0.3, -0.25) is 9.59 Å². The molecule has 0 bridgehead atoms. The van der Waals surface area contributed by atoms with Gasteiger partial charge in [-0.1, -0.05) is 18.2 Å². The van der Waals surface area contributed by atoms with Gasteiger partial charge in [-0.05, 0) is 44.2 Å². The summed E-state index contributed by atoms with van der Waals surface area (Å²) in [4.78, 5) is 29.0. The molecule has 1 aromatic heterocycles. The van der Waals surface area contributed by atoms with E-state index in [1.807, 2.05) is 36.1 Å². The van der Waals surface area contributed by atoms with E-state index in [1.165, 1.54) is 0 Å². The van der Waals surface area contributed by atoms with Crippen LogP contribution in [0.2, 0.25) is 0 Å². The van der Waals surface area contributed by atoms with E-state index < -0.39 is 5.97 Å². The molecule has 1 saturated heterocycles. The lowest BCUT2D eigenvalue weighted by atomic mass is 9.96. The molecule has 2 heterocycles. The van der Waals surface area contributed by atoms with Gasteiger partial charge in [0.05, 0.1) is 6.42 Å². The summed E-state index contributed by atoms with van der Waals surface area (Å²) in [5.74, 6) is -0.682.